The van der Waals surface area contributed by atoms with Crippen LogP contribution >= 0.6 is 0 Å². The van der Waals surface area contributed by atoms with E-state index >= 15 is 0 Å². The highest BCUT2D eigenvalue weighted by molar-refractivity contribution is 6.43. The Bertz CT molecular complexity index is 69.7. The van der Waals surface area contributed by atoms with Crippen molar-refractivity contribution in [3.05, 3.63) is 0 Å². The predicted octanol–water partition coefficient (Wildman–Crippen LogP) is 2.59. The van der Waals surface area contributed by atoms with Gasteiger partial charge in [0.15, 0.2) is 0 Å². The second kappa shape index (κ2) is 2.45. The van der Waals surface area contributed by atoms with Crippen molar-refractivity contribution in [2.24, 2.45) is 0 Å². The van der Waals surface area contributed by atoms with Crippen molar-refractivity contribution in [2.45, 2.75) is 51.6 Å². The van der Waals surface area contributed by atoms with Crippen LogP contribution in [0.3, 0.4) is 0 Å². The Morgan fingerprint density at radius 3 is 0.889 bits per heavy atom. The Morgan fingerprint density at radius 1 is 0.667 bits per heavy atom. The van der Waals surface area contributed by atoms with E-state index in [1.54, 1.807) is 0 Å². The van der Waals surface area contributed by atoms with E-state index in [4.69, 9.17) is 0 Å². The molecule has 56 valence electrons. The number of rotatable bonds is 0. The van der Waals surface area contributed by atoms with Gasteiger partial charge in [0.1, 0.15) is 0 Å². The van der Waals surface area contributed by atoms with Crippen molar-refractivity contribution >= 4 is 9.52 Å². The summed E-state index contributed by atoms with van der Waals surface area (Å²) >= 11 is 0. The summed E-state index contributed by atoms with van der Waals surface area (Å²) in [6.45, 7) is 14.1. The first-order chi connectivity index (χ1) is 3.71. The van der Waals surface area contributed by atoms with Gasteiger partial charge in [-0.15, -0.1) is 0 Å². The molecule has 0 aliphatic carbocycles. The van der Waals surface area contributed by atoms with Crippen LogP contribution in [-0.4, -0.2) is 9.52 Å². The highest BCUT2D eigenvalue weighted by Gasteiger charge is 2.20. The van der Waals surface area contributed by atoms with Gasteiger partial charge >= 0.3 is 0 Å². The second-order valence-electron chi connectivity index (χ2n) is 5.30. The maximum absolute atomic E-state index is 2.35. The van der Waals surface area contributed by atoms with Crippen LogP contribution in [0.5, 0.6) is 0 Å². The third-order valence-electron chi connectivity index (χ3n) is 1.06. The summed E-state index contributed by atoms with van der Waals surface area (Å²) in [4.78, 5) is 0. The second-order valence-corrected chi connectivity index (χ2v) is 9.89. The summed E-state index contributed by atoms with van der Waals surface area (Å²) < 4.78 is 0. The van der Waals surface area contributed by atoms with E-state index < -0.39 is 0 Å². The Labute approximate surface area is 61.9 Å². The molecule has 0 aliphatic heterocycles. The molecule has 0 amide bonds. The fourth-order valence-corrected chi connectivity index (χ4v) is 4.77. The zero-order chi connectivity index (χ0) is 7.71. The zero-order valence-electron chi connectivity index (χ0n) is 7.71. The highest BCUT2D eigenvalue weighted by atomic mass is 28.2. The van der Waals surface area contributed by atoms with Crippen LogP contribution in [0.1, 0.15) is 41.5 Å². The smallest absolute Gasteiger partial charge is 0.0320 e. The molecule has 0 fully saturated rings. The topological polar surface area (TPSA) is 0 Å². The number of hydrogen-bond donors (Lipinski definition) is 0. The van der Waals surface area contributed by atoms with Gasteiger partial charge in [-0.05, 0) is 10.1 Å². The molecule has 0 N–H and O–H groups in total. The van der Waals surface area contributed by atoms with Crippen molar-refractivity contribution in [1.29, 1.82) is 0 Å². The van der Waals surface area contributed by atoms with Crippen molar-refractivity contribution < 1.29 is 0 Å². The maximum atomic E-state index is 2.35. The van der Waals surface area contributed by atoms with E-state index in [-0.39, 0.29) is 9.52 Å². The van der Waals surface area contributed by atoms with Crippen LogP contribution in [0.4, 0.5) is 0 Å². The summed E-state index contributed by atoms with van der Waals surface area (Å²) in [5.74, 6) is 0. The molecule has 0 spiro atoms. The van der Waals surface area contributed by atoms with E-state index in [9.17, 15) is 0 Å². The van der Waals surface area contributed by atoms with E-state index in [0.29, 0.717) is 10.1 Å². The van der Waals surface area contributed by atoms with Crippen molar-refractivity contribution in [3.63, 3.8) is 0 Å². The first kappa shape index (κ1) is 9.22. The fraction of sp³-hybridized carbons (Fsp3) is 1.00. The molecule has 0 aromatic carbocycles. The standard InChI is InChI=1S/C8H20Si/c1-7(2,3)9-8(4,5)6/h9H2,1-6H3. The monoisotopic (exact) mass is 144 g/mol. The lowest BCUT2D eigenvalue weighted by Gasteiger charge is -2.27. The van der Waals surface area contributed by atoms with Crippen molar-refractivity contribution in [2.75, 3.05) is 0 Å². The van der Waals surface area contributed by atoms with Gasteiger partial charge in [-0.1, -0.05) is 41.5 Å². The lowest BCUT2D eigenvalue weighted by atomic mass is 10.2. The van der Waals surface area contributed by atoms with Gasteiger partial charge in [0.05, 0.1) is 0 Å². The van der Waals surface area contributed by atoms with Gasteiger partial charge in [-0.3, -0.25) is 0 Å². The van der Waals surface area contributed by atoms with Gasteiger partial charge in [0.2, 0.25) is 0 Å². The van der Waals surface area contributed by atoms with Crippen LogP contribution in [0, 0.1) is 0 Å². The lowest BCUT2D eigenvalue weighted by molar-refractivity contribution is 0.668. The quantitative estimate of drug-likeness (QED) is 0.458. The van der Waals surface area contributed by atoms with Gasteiger partial charge < -0.3 is 0 Å². The first-order valence-corrected chi connectivity index (χ1v) is 5.12. The third-order valence-corrected chi connectivity index (χ3v) is 3.18. The molecule has 0 saturated heterocycles. The van der Waals surface area contributed by atoms with Crippen LogP contribution in [-0.2, 0) is 0 Å². The first-order valence-electron chi connectivity index (χ1n) is 3.71. The molecule has 0 saturated carbocycles. The molecule has 9 heavy (non-hydrogen) atoms. The molecule has 0 aliphatic rings. The minimum Gasteiger partial charge on any atom is -0.0631 e. The molecule has 0 aromatic rings. The molecule has 0 radical (unpaired) electrons. The normalized spacial score (nSPS) is 14.0. The molecule has 0 unspecified atom stereocenters. The zero-order valence-corrected chi connectivity index (χ0v) is 9.12. The summed E-state index contributed by atoms with van der Waals surface area (Å²) in [7, 11) is 0.0880. The summed E-state index contributed by atoms with van der Waals surface area (Å²) in [6, 6.07) is 0. The summed E-state index contributed by atoms with van der Waals surface area (Å²) in [5, 5.41) is 1.25. The minimum atomic E-state index is 0.0880. The molecule has 0 bridgehead atoms. The fourth-order valence-electron chi connectivity index (χ4n) is 1.59. The van der Waals surface area contributed by atoms with E-state index in [0.717, 1.165) is 0 Å². The van der Waals surface area contributed by atoms with E-state index in [1.807, 2.05) is 0 Å². The lowest BCUT2D eigenvalue weighted by Crippen LogP contribution is -2.18. The van der Waals surface area contributed by atoms with E-state index in [1.165, 1.54) is 0 Å². The van der Waals surface area contributed by atoms with Gasteiger partial charge in [-0.2, -0.15) is 0 Å². The van der Waals surface area contributed by atoms with Gasteiger partial charge in [-0.25, -0.2) is 0 Å². The molecule has 0 heterocycles. The molecule has 1 heteroatoms. The summed E-state index contributed by atoms with van der Waals surface area (Å²) in [5.41, 5.74) is 0. The Hall–Kier alpha value is 0.217. The van der Waals surface area contributed by atoms with Gasteiger partial charge in [0, 0.05) is 9.52 Å². The molecule has 0 atom stereocenters. The molecule has 0 aromatic heterocycles. The SMILES string of the molecule is CC(C)(C)[SiH2]C(C)(C)C. The summed E-state index contributed by atoms with van der Waals surface area (Å²) in [6.07, 6.45) is 0. The Balaban J connectivity index is 3.75. The van der Waals surface area contributed by atoms with E-state index in [2.05, 4.69) is 41.5 Å². The van der Waals surface area contributed by atoms with Crippen LogP contribution < -0.4 is 0 Å². The third kappa shape index (κ3) is 8.22. The average Bonchev–Trinajstić information content (AvgIpc) is 1.14. The largest absolute Gasteiger partial charge is 0.0631 e. The molecular weight excluding hydrogens is 124 g/mol. The van der Waals surface area contributed by atoms with Gasteiger partial charge in [0.25, 0.3) is 0 Å². The predicted molar refractivity (Wildman–Crippen MR) is 48.0 cm³/mol. The van der Waals surface area contributed by atoms with Crippen molar-refractivity contribution in [1.82, 2.24) is 0 Å². The van der Waals surface area contributed by atoms with Crippen LogP contribution in [0.15, 0.2) is 0 Å². The Kier molecular flexibility index (Phi) is 2.51. The maximum Gasteiger partial charge on any atom is 0.0320 e. The number of hydrogen-bond acceptors (Lipinski definition) is 0. The molecule has 0 nitrogen and oxygen atoms in total. The van der Waals surface area contributed by atoms with Crippen LogP contribution in [0.2, 0.25) is 10.1 Å². The Morgan fingerprint density at radius 2 is 0.889 bits per heavy atom. The molecular formula is C8H20Si. The molecule has 0 rings (SSSR count). The minimum absolute atomic E-state index is 0.0880. The highest BCUT2D eigenvalue weighted by Crippen LogP contribution is 2.33. The average molecular weight is 144 g/mol. The van der Waals surface area contributed by atoms with Crippen LogP contribution in [0.25, 0.3) is 0 Å². The van der Waals surface area contributed by atoms with Crippen molar-refractivity contribution in [3.8, 4) is 0 Å².